The molecular formula is C19H21ClN2O2. The summed E-state index contributed by atoms with van der Waals surface area (Å²) in [6.07, 6.45) is 1.26. The molecule has 1 heterocycles. The van der Waals surface area contributed by atoms with Gasteiger partial charge in [-0.25, -0.2) is 0 Å². The van der Waals surface area contributed by atoms with E-state index in [1.165, 1.54) is 0 Å². The molecule has 1 aliphatic heterocycles. The number of nitrogens with zero attached hydrogens (tertiary/aromatic N) is 1. The van der Waals surface area contributed by atoms with E-state index in [9.17, 15) is 4.79 Å². The van der Waals surface area contributed by atoms with E-state index in [1.54, 1.807) is 0 Å². The number of rotatable bonds is 5. The van der Waals surface area contributed by atoms with Gasteiger partial charge in [0.2, 0.25) is 5.91 Å². The molecule has 1 amide bonds. The molecule has 0 spiro atoms. The highest BCUT2D eigenvalue weighted by Gasteiger charge is 2.23. The Hall–Kier alpha value is -2.04. The Morgan fingerprint density at radius 2 is 2.00 bits per heavy atom. The van der Waals surface area contributed by atoms with Crippen molar-refractivity contribution >= 4 is 17.5 Å². The first-order valence-corrected chi connectivity index (χ1v) is 8.47. The van der Waals surface area contributed by atoms with Crippen LogP contribution < -0.4 is 10.5 Å². The van der Waals surface area contributed by atoms with Crippen molar-refractivity contribution in [2.75, 3.05) is 13.1 Å². The first-order chi connectivity index (χ1) is 11.6. The van der Waals surface area contributed by atoms with E-state index in [-0.39, 0.29) is 11.9 Å². The summed E-state index contributed by atoms with van der Waals surface area (Å²) < 4.78 is 5.81. The van der Waals surface area contributed by atoms with Crippen molar-refractivity contribution in [3.63, 3.8) is 0 Å². The molecule has 1 atom stereocenters. The number of hydrogen-bond donors (Lipinski definition) is 1. The Balaban J connectivity index is 1.57. The molecule has 3 rings (SSSR count). The van der Waals surface area contributed by atoms with Gasteiger partial charge in [0, 0.05) is 24.2 Å². The standard InChI is InChI=1S/C19H21ClN2O2/c20-16-6-4-14(5-7-16)13-24-18-3-1-2-15(10-18)11-19(23)22-9-8-17(21)12-22/h1-7,10,17H,8-9,11-13,21H2/t17-/m1/s1. The van der Waals surface area contributed by atoms with Gasteiger partial charge in [-0.2, -0.15) is 0 Å². The molecule has 0 unspecified atom stereocenters. The topological polar surface area (TPSA) is 55.6 Å². The molecule has 5 heteroatoms. The molecule has 1 saturated heterocycles. The number of hydrogen-bond acceptors (Lipinski definition) is 3. The van der Waals surface area contributed by atoms with Crippen LogP contribution in [0.3, 0.4) is 0 Å². The van der Waals surface area contributed by atoms with E-state index in [4.69, 9.17) is 22.1 Å². The zero-order chi connectivity index (χ0) is 16.9. The predicted octanol–water partition coefficient (Wildman–Crippen LogP) is 3.02. The molecule has 0 bridgehead atoms. The van der Waals surface area contributed by atoms with Gasteiger partial charge in [0.05, 0.1) is 6.42 Å². The van der Waals surface area contributed by atoms with Crippen LogP contribution in [0.5, 0.6) is 5.75 Å². The quantitative estimate of drug-likeness (QED) is 0.907. The van der Waals surface area contributed by atoms with Crippen LogP contribution in [0.1, 0.15) is 17.5 Å². The van der Waals surface area contributed by atoms with Gasteiger partial charge in [0.15, 0.2) is 0 Å². The molecule has 2 aromatic carbocycles. The number of benzene rings is 2. The van der Waals surface area contributed by atoms with Crippen molar-refractivity contribution in [3.8, 4) is 5.75 Å². The average molecular weight is 345 g/mol. The Labute approximate surface area is 147 Å². The number of nitrogens with two attached hydrogens (primary N) is 1. The summed E-state index contributed by atoms with van der Waals surface area (Å²) in [7, 11) is 0. The Bertz CT molecular complexity index is 703. The molecule has 2 N–H and O–H groups in total. The highest BCUT2D eigenvalue weighted by molar-refractivity contribution is 6.30. The largest absolute Gasteiger partial charge is 0.489 e. The summed E-state index contributed by atoms with van der Waals surface area (Å²) in [6.45, 7) is 1.88. The van der Waals surface area contributed by atoms with Gasteiger partial charge in [-0.15, -0.1) is 0 Å². The molecular weight excluding hydrogens is 324 g/mol. The van der Waals surface area contributed by atoms with Crippen LogP contribution in [0.15, 0.2) is 48.5 Å². The predicted molar refractivity (Wildman–Crippen MR) is 95.1 cm³/mol. The molecule has 1 fully saturated rings. The second kappa shape index (κ2) is 7.69. The summed E-state index contributed by atoms with van der Waals surface area (Å²) in [5.41, 5.74) is 7.86. The lowest BCUT2D eigenvalue weighted by Gasteiger charge is -2.16. The van der Waals surface area contributed by atoms with Crippen molar-refractivity contribution < 1.29 is 9.53 Å². The summed E-state index contributed by atoms with van der Waals surface area (Å²) in [5.74, 6) is 0.881. The molecule has 24 heavy (non-hydrogen) atoms. The fourth-order valence-corrected chi connectivity index (χ4v) is 2.92. The van der Waals surface area contributed by atoms with E-state index in [2.05, 4.69) is 0 Å². The number of likely N-dealkylation sites (tertiary alicyclic amines) is 1. The first kappa shape index (κ1) is 16.8. The monoisotopic (exact) mass is 344 g/mol. The van der Waals surface area contributed by atoms with E-state index in [1.807, 2.05) is 53.4 Å². The highest BCUT2D eigenvalue weighted by atomic mass is 35.5. The fraction of sp³-hybridized carbons (Fsp3) is 0.316. The van der Waals surface area contributed by atoms with Gasteiger partial charge in [-0.1, -0.05) is 35.9 Å². The summed E-state index contributed by atoms with van der Waals surface area (Å²) >= 11 is 5.88. The lowest BCUT2D eigenvalue weighted by atomic mass is 10.1. The maximum Gasteiger partial charge on any atom is 0.227 e. The third-order valence-electron chi connectivity index (χ3n) is 4.15. The van der Waals surface area contributed by atoms with E-state index in [0.29, 0.717) is 24.6 Å². The average Bonchev–Trinajstić information content (AvgIpc) is 3.01. The third-order valence-corrected chi connectivity index (χ3v) is 4.40. The molecule has 0 saturated carbocycles. The van der Waals surface area contributed by atoms with Gasteiger partial charge < -0.3 is 15.4 Å². The Morgan fingerprint density at radius 3 is 2.71 bits per heavy atom. The zero-order valence-electron chi connectivity index (χ0n) is 13.5. The van der Waals surface area contributed by atoms with Crippen LogP contribution in [-0.2, 0) is 17.8 Å². The molecule has 2 aromatic rings. The van der Waals surface area contributed by atoms with Gasteiger partial charge in [0.1, 0.15) is 12.4 Å². The van der Waals surface area contributed by atoms with E-state index >= 15 is 0 Å². The molecule has 4 nitrogen and oxygen atoms in total. The minimum Gasteiger partial charge on any atom is -0.489 e. The summed E-state index contributed by atoms with van der Waals surface area (Å²) in [6, 6.07) is 15.4. The number of halogens is 1. The van der Waals surface area contributed by atoms with Crippen LogP contribution in [-0.4, -0.2) is 29.9 Å². The highest BCUT2D eigenvalue weighted by Crippen LogP contribution is 2.18. The maximum absolute atomic E-state index is 12.3. The van der Waals surface area contributed by atoms with Gasteiger partial charge >= 0.3 is 0 Å². The van der Waals surface area contributed by atoms with Crippen molar-refractivity contribution in [1.29, 1.82) is 0 Å². The van der Waals surface area contributed by atoms with Crippen LogP contribution in [0.4, 0.5) is 0 Å². The molecule has 126 valence electrons. The summed E-state index contributed by atoms with van der Waals surface area (Å²) in [4.78, 5) is 14.1. The smallest absolute Gasteiger partial charge is 0.227 e. The lowest BCUT2D eigenvalue weighted by molar-refractivity contribution is -0.129. The number of carbonyl (C=O) groups is 1. The van der Waals surface area contributed by atoms with Crippen molar-refractivity contribution in [1.82, 2.24) is 4.90 Å². The SMILES string of the molecule is N[C@@H]1CCN(C(=O)Cc2cccc(OCc3ccc(Cl)cc3)c2)C1. The van der Waals surface area contributed by atoms with Gasteiger partial charge in [0.25, 0.3) is 0 Å². The maximum atomic E-state index is 12.3. The Kier molecular flexibility index (Phi) is 5.38. The van der Waals surface area contributed by atoms with Gasteiger partial charge in [-0.05, 0) is 41.8 Å². The third kappa shape index (κ3) is 4.49. The Morgan fingerprint density at radius 1 is 1.21 bits per heavy atom. The van der Waals surface area contributed by atoms with Gasteiger partial charge in [-0.3, -0.25) is 4.79 Å². The minimum absolute atomic E-state index is 0.114. The van der Waals surface area contributed by atoms with Crippen molar-refractivity contribution in [2.24, 2.45) is 5.73 Å². The van der Waals surface area contributed by atoms with E-state index < -0.39 is 0 Å². The van der Waals surface area contributed by atoms with E-state index in [0.717, 1.165) is 29.8 Å². The van der Waals surface area contributed by atoms with Crippen molar-refractivity contribution in [2.45, 2.75) is 25.5 Å². The number of ether oxygens (including phenoxy) is 1. The second-order valence-electron chi connectivity index (χ2n) is 6.13. The van der Waals surface area contributed by atoms with Crippen LogP contribution in [0, 0.1) is 0 Å². The van der Waals surface area contributed by atoms with Crippen LogP contribution in [0.25, 0.3) is 0 Å². The second-order valence-corrected chi connectivity index (χ2v) is 6.56. The molecule has 0 aliphatic carbocycles. The lowest BCUT2D eigenvalue weighted by Crippen LogP contribution is -2.32. The summed E-state index contributed by atoms with van der Waals surface area (Å²) in [5, 5.41) is 0.709. The molecule has 0 aromatic heterocycles. The molecule has 0 radical (unpaired) electrons. The normalized spacial score (nSPS) is 17.1. The zero-order valence-corrected chi connectivity index (χ0v) is 14.2. The number of carbonyl (C=O) groups excluding carboxylic acids is 1. The number of amides is 1. The minimum atomic E-state index is 0.114. The van der Waals surface area contributed by atoms with Crippen LogP contribution >= 0.6 is 11.6 Å². The first-order valence-electron chi connectivity index (χ1n) is 8.10. The fourth-order valence-electron chi connectivity index (χ4n) is 2.79. The van der Waals surface area contributed by atoms with Crippen molar-refractivity contribution in [3.05, 3.63) is 64.7 Å². The molecule has 1 aliphatic rings. The van der Waals surface area contributed by atoms with Crippen LogP contribution in [0.2, 0.25) is 5.02 Å².